The molecule has 4 rings (SSSR count). The Bertz CT molecular complexity index is 1560. The number of nitrogens with one attached hydrogen (secondary N) is 1. The lowest BCUT2D eigenvalue weighted by atomic mass is 10.0. The fourth-order valence-corrected chi connectivity index (χ4v) is 4.32. The summed E-state index contributed by atoms with van der Waals surface area (Å²) in [6, 6.07) is 19.4. The first-order chi connectivity index (χ1) is 20.6. The van der Waals surface area contributed by atoms with Crippen LogP contribution in [0.25, 0.3) is 11.5 Å². The number of aliphatic carboxylic acids is 1. The van der Waals surface area contributed by atoms with E-state index in [0.29, 0.717) is 35.9 Å². The topological polar surface area (TPSA) is 102 Å². The van der Waals surface area contributed by atoms with E-state index in [1.54, 1.807) is 31.2 Å². The van der Waals surface area contributed by atoms with Gasteiger partial charge in [-0.1, -0.05) is 56.3 Å². The van der Waals surface area contributed by atoms with E-state index in [1.165, 1.54) is 6.08 Å². The molecular weight excluding hydrogens is 561 g/mol. The van der Waals surface area contributed by atoms with Gasteiger partial charge in [-0.15, -0.1) is 0 Å². The van der Waals surface area contributed by atoms with Gasteiger partial charge in [0, 0.05) is 35.7 Å². The molecule has 7 nitrogen and oxygen atoms in total. The molecule has 224 valence electrons. The lowest BCUT2D eigenvalue weighted by Gasteiger charge is -2.18. The lowest BCUT2D eigenvalue weighted by Crippen LogP contribution is -2.38. The van der Waals surface area contributed by atoms with Gasteiger partial charge in [0.25, 0.3) is 0 Å². The predicted octanol–water partition coefficient (Wildman–Crippen LogP) is 7.26. The molecule has 0 aliphatic carbocycles. The van der Waals surface area contributed by atoms with Gasteiger partial charge in [-0.3, -0.25) is 4.79 Å². The Kier molecular flexibility index (Phi) is 10.0. The van der Waals surface area contributed by atoms with Gasteiger partial charge in [0.15, 0.2) is 5.78 Å². The molecule has 0 spiro atoms. The number of aromatic nitrogens is 1. The number of ketones is 1. The molecule has 0 radical (unpaired) electrons. The number of alkyl halides is 3. The van der Waals surface area contributed by atoms with Crippen molar-refractivity contribution < 1.29 is 37.0 Å². The van der Waals surface area contributed by atoms with Crippen LogP contribution in [-0.2, 0) is 30.4 Å². The van der Waals surface area contributed by atoms with Crippen LogP contribution in [0.1, 0.15) is 53.2 Å². The van der Waals surface area contributed by atoms with Gasteiger partial charge in [0.2, 0.25) is 5.89 Å². The number of rotatable bonds is 13. The Morgan fingerprint density at radius 2 is 1.67 bits per heavy atom. The smallest absolute Gasteiger partial charge is 0.416 e. The number of carboxylic acid groups (broad SMARTS) is 1. The molecule has 0 aliphatic heterocycles. The Morgan fingerprint density at radius 1 is 1.00 bits per heavy atom. The first-order valence-electron chi connectivity index (χ1n) is 13.7. The number of hydrogen-bond acceptors (Lipinski definition) is 6. The van der Waals surface area contributed by atoms with E-state index in [0.717, 1.165) is 41.2 Å². The maximum Gasteiger partial charge on any atom is 0.416 e. The van der Waals surface area contributed by atoms with Crippen LogP contribution in [-0.4, -0.2) is 27.9 Å². The van der Waals surface area contributed by atoms with Crippen LogP contribution < -0.4 is 10.1 Å². The zero-order chi connectivity index (χ0) is 31.0. The first-order valence-corrected chi connectivity index (χ1v) is 13.7. The van der Waals surface area contributed by atoms with E-state index in [2.05, 4.69) is 10.3 Å². The number of carbonyl (C=O) groups is 2. The number of ether oxygens (including phenoxy) is 1. The average Bonchev–Trinajstić information content (AvgIpc) is 3.43. The van der Waals surface area contributed by atoms with Crippen molar-refractivity contribution in [1.29, 1.82) is 0 Å². The highest BCUT2D eigenvalue weighted by Crippen LogP contribution is 2.29. The van der Waals surface area contributed by atoms with Crippen LogP contribution in [0.15, 0.2) is 95.1 Å². The number of aryl methyl sites for hydroxylation is 1. The van der Waals surface area contributed by atoms with Crippen molar-refractivity contribution in [3.05, 3.63) is 119 Å². The van der Waals surface area contributed by atoms with Gasteiger partial charge in [0.1, 0.15) is 29.9 Å². The number of allylic oxidation sites excluding steroid dienone is 2. The van der Waals surface area contributed by atoms with Gasteiger partial charge in [-0.05, 0) is 48.4 Å². The number of halogens is 3. The van der Waals surface area contributed by atoms with Crippen molar-refractivity contribution in [1.82, 2.24) is 10.3 Å². The highest BCUT2D eigenvalue weighted by atomic mass is 19.4. The SMILES string of the molecule is CC/C(=C/C(=O)c1ccc(C(F)(F)F)cc1)N[C@@H](Cc1ccc(OCc2nc(-c3ccccc3)oc2CC)cc1)C(=O)O. The molecule has 0 bridgehead atoms. The van der Waals surface area contributed by atoms with Crippen molar-refractivity contribution in [2.75, 3.05) is 0 Å². The van der Waals surface area contributed by atoms with Crippen molar-refractivity contribution in [2.45, 2.75) is 51.9 Å². The lowest BCUT2D eigenvalue weighted by molar-refractivity contribution is -0.139. The molecule has 1 heterocycles. The zero-order valence-corrected chi connectivity index (χ0v) is 23.6. The molecule has 0 unspecified atom stereocenters. The fraction of sp³-hybridized carbons (Fsp3) is 0.242. The van der Waals surface area contributed by atoms with E-state index in [4.69, 9.17) is 9.15 Å². The third-order valence-corrected chi connectivity index (χ3v) is 6.70. The normalized spacial score (nSPS) is 12.5. The largest absolute Gasteiger partial charge is 0.487 e. The summed E-state index contributed by atoms with van der Waals surface area (Å²) < 4.78 is 50.3. The van der Waals surface area contributed by atoms with Gasteiger partial charge >= 0.3 is 12.1 Å². The Balaban J connectivity index is 1.38. The molecule has 43 heavy (non-hydrogen) atoms. The minimum atomic E-state index is -4.51. The van der Waals surface area contributed by atoms with Gasteiger partial charge in [0.05, 0.1) is 5.56 Å². The monoisotopic (exact) mass is 592 g/mol. The molecule has 4 aromatic rings. The Hall–Kier alpha value is -4.86. The molecule has 3 aromatic carbocycles. The summed E-state index contributed by atoms with van der Waals surface area (Å²) in [6.45, 7) is 3.92. The molecule has 1 atom stereocenters. The molecule has 0 amide bonds. The Morgan fingerprint density at radius 3 is 2.26 bits per heavy atom. The number of carbonyl (C=O) groups excluding carboxylic acids is 1. The van der Waals surface area contributed by atoms with Crippen LogP contribution >= 0.6 is 0 Å². The molecule has 0 saturated carbocycles. The number of hydrogen-bond donors (Lipinski definition) is 2. The summed E-state index contributed by atoms with van der Waals surface area (Å²) in [5.41, 5.74) is 1.86. The van der Waals surface area contributed by atoms with Crippen molar-refractivity contribution in [3.8, 4) is 17.2 Å². The van der Waals surface area contributed by atoms with E-state index < -0.39 is 29.5 Å². The maximum absolute atomic E-state index is 12.8. The molecule has 0 fully saturated rings. The van der Waals surface area contributed by atoms with E-state index in [1.807, 2.05) is 37.3 Å². The summed E-state index contributed by atoms with van der Waals surface area (Å²) in [7, 11) is 0. The number of benzene rings is 3. The third kappa shape index (κ3) is 8.34. The molecule has 0 saturated heterocycles. The van der Waals surface area contributed by atoms with Gasteiger partial charge in [-0.2, -0.15) is 13.2 Å². The fourth-order valence-electron chi connectivity index (χ4n) is 4.32. The maximum atomic E-state index is 12.8. The van der Waals surface area contributed by atoms with E-state index in [-0.39, 0.29) is 18.6 Å². The summed E-state index contributed by atoms with van der Waals surface area (Å²) >= 11 is 0. The first kappa shape index (κ1) is 31.1. The van der Waals surface area contributed by atoms with Crippen molar-refractivity contribution in [3.63, 3.8) is 0 Å². The van der Waals surface area contributed by atoms with Crippen molar-refractivity contribution >= 4 is 11.8 Å². The minimum Gasteiger partial charge on any atom is -0.487 e. The van der Waals surface area contributed by atoms with Gasteiger partial charge in [-0.25, -0.2) is 9.78 Å². The highest BCUT2D eigenvalue weighted by Gasteiger charge is 2.30. The predicted molar refractivity (Wildman–Crippen MR) is 155 cm³/mol. The van der Waals surface area contributed by atoms with E-state index in [9.17, 15) is 27.9 Å². The second-order valence-electron chi connectivity index (χ2n) is 9.74. The summed E-state index contributed by atoms with van der Waals surface area (Å²) in [5, 5.41) is 12.7. The van der Waals surface area contributed by atoms with Gasteiger partial charge < -0.3 is 19.6 Å². The standard InChI is InChI=1S/C33H31F3N2O5/c1-3-25(19-29(39)22-12-14-24(15-13-22)33(34,35)36)37-27(32(40)41)18-21-10-16-26(17-11-21)42-20-28-30(4-2)43-31(38-28)23-8-6-5-7-9-23/h5-17,19,27,37H,3-4,18,20H2,1-2H3,(H,40,41)/b25-19-/t27-/m0/s1. The molecule has 10 heteroatoms. The quantitative estimate of drug-likeness (QED) is 0.124. The van der Waals surface area contributed by atoms with E-state index >= 15 is 0 Å². The van der Waals surface area contributed by atoms with Crippen LogP contribution in [0.4, 0.5) is 13.2 Å². The number of nitrogens with zero attached hydrogens (tertiary/aromatic N) is 1. The minimum absolute atomic E-state index is 0.0659. The molecule has 0 aliphatic rings. The molecule has 2 N–H and O–H groups in total. The molecule has 1 aromatic heterocycles. The summed E-state index contributed by atoms with van der Waals surface area (Å²) in [5.74, 6) is 0.195. The van der Waals surface area contributed by atoms with Crippen LogP contribution in [0, 0.1) is 0 Å². The molecular formula is C33H31F3N2O5. The van der Waals surface area contributed by atoms with Crippen LogP contribution in [0.5, 0.6) is 5.75 Å². The number of oxazole rings is 1. The summed E-state index contributed by atoms with van der Waals surface area (Å²) in [4.78, 5) is 29.2. The second kappa shape index (κ2) is 13.9. The zero-order valence-electron chi connectivity index (χ0n) is 23.6. The number of carboxylic acids is 1. The van der Waals surface area contributed by atoms with Crippen LogP contribution in [0.3, 0.4) is 0 Å². The second-order valence-corrected chi connectivity index (χ2v) is 9.74. The van der Waals surface area contributed by atoms with Crippen molar-refractivity contribution in [2.24, 2.45) is 0 Å². The van der Waals surface area contributed by atoms with Crippen LogP contribution in [0.2, 0.25) is 0 Å². The highest BCUT2D eigenvalue weighted by molar-refractivity contribution is 6.04. The Labute approximate surface area is 247 Å². The average molecular weight is 593 g/mol. The summed E-state index contributed by atoms with van der Waals surface area (Å²) in [6.07, 6.45) is -2.20. The third-order valence-electron chi connectivity index (χ3n) is 6.70.